The molecule has 51 heavy (non-hydrogen) atoms. The van der Waals surface area contributed by atoms with Crippen LogP contribution in [0.5, 0.6) is 5.75 Å². The monoisotopic (exact) mass is 708 g/mol. The Morgan fingerprint density at radius 3 is 2.51 bits per heavy atom. The van der Waals surface area contributed by atoms with Crippen LogP contribution in [0.1, 0.15) is 56.5 Å². The summed E-state index contributed by atoms with van der Waals surface area (Å²) >= 11 is 0. The quantitative estimate of drug-likeness (QED) is 0.243. The SMILES string of the molecule is CC1C(NC(=O)[C@@H]2[C@H]([C@H](C)O)C(CO)ON2Cc2cccc(-c3cc(C(=O)O)cc(N(C)C)c3)c2OCCN2CCOCC2)C[C@H]2C[C@@H]1C2(C)C. The summed E-state index contributed by atoms with van der Waals surface area (Å²) in [7, 11) is 3.73. The summed E-state index contributed by atoms with van der Waals surface area (Å²) in [4.78, 5) is 36.9. The zero-order chi connectivity index (χ0) is 36.6. The molecular weight excluding hydrogens is 652 g/mol. The van der Waals surface area contributed by atoms with E-state index in [0.717, 1.165) is 30.8 Å². The number of hydrogen-bond donors (Lipinski definition) is 4. The van der Waals surface area contributed by atoms with Crippen LogP contribution in [0.15, 0.2) is 36.4 Å². The first-order valence-corrected chi connectivity index (χ1v) is 18.4. The molecule has 12 heteroatoms. The number of morpholine rings is 1. The standard InChI is InChI=1S/C39H56N4O8/c1-23-31-19-28(39(31,3)4)20-32(23)40-37(46)35-34(24(2)45)33(22-44)51-43(35)21-25-8-7-9-30(36(25)50-15-12-42-10-13-49-14-11-42)26-16-27(38(47)48)18-29(17-26)41(5)6/h7-9,16-18,23-24,28,31-35,44-45H,10-15,19-22H2,1-6H3,(H,40,46)(H,47,48)/t23?,24-,28+,31-,32?,33?,34+,35-/m0/s1. The molecule has 0 aromatic heterocycles. The van der Waals surface area contributed by atoms with Gasteiger partial charge in [-0.25, -0.2) is 4.79 Å². The van der Waals surface area contributed by atoms with E-state index in [1.807, 2.05) is 43.3 Å². The number of amides is 1. The van der Waals surface area contributed by atoms with E-state index in [4.69, 9.17) is 14.3 Å². The lowest BCUT2D eigenvalue weighted by molar-refractivity contribution is -0.183. The first-order valence-electron chi connectivity index (χ1n) is 18.4. The average Bonchev–Trinajstić information content (AvgIpc) is 3.48. The molecule has 8 atom stereocenters. The van der Waals surface area contributed by atoms with Crippen molar-refractivity contribution in [3.63, 3.8) is 0 Å². The Morgan fingerprint density at radius 2 is 1.88 bits per heavy atom. The highest BCUT2D eigenvalue weighted by Crippen LogP contribution is 2.61. The average molecular weight is 709 g/mol. The number of ether oxygens (including phenoxy) is 2. The number of nitrogens with zero attached hydrogens (tertiary/aromatic N) is 3. The van der Waals surface area contributed by atoms with Crippen LogP contribution in [-0.2, 0) is 20.9 Å². The van der Waals surface area contributed by atoms with Crippen molar-refractivity contribution in [1.29, 1.82) is 0 Å². The Morgan fingerprint density at radius 1 is 1.14 bits per heavy atom. The van der Waals surface area contributed by atoms with Gasteiger partial charge in [0.25, 0.3) is 0 Å². The third-order valence-electron chi connectivity index (χ3n) is 12.2. The van der Waals surface area contributed by atoms with Crippen LogP contribution in [0.4, 0.5) is 5.69 Å². The summed E-state index contributed by atoms with van der Waals surface area (Å²) in [5, 5.41) is 36.3. The molecule has 1 amide bonds. The highest BCUT2D eigenvalue weighted by Gasteiger charge is 2.57. The van der Waals surface area contributed by atoms with Gasteiger partial charge in [-0.05, 0) is 66.7 Å². The number of hydroxylamine groups is 2. The van der Waals surface area contributed by atoms with Crippen LogP contribution in [0, 0.1) is 29.1 Å². The fourth-order valence-electron chi connectivity index (χ4n) is 9.01. The minimum atomic E-state index is -1.03. The third-order valence-corrected chi connectivity index (χ3v) is 12.2. The van der Waals surface area contributed by atoms with E-state index in [1.165, 1.54) is 6.42 Å². The van der Waals surface area contributed by atoms with Crippen LogP contribution < -0.4 is 15.0 Å². The number of rotatable bonds is 13. The molecule has 3 saturated carbocycles. The van der Waals surface area contributed by atoms with E-state index in [1.54, 1.807) is 24.1 Å². The van der Waals surface area contributed by atoms with Gasteiger partial charge >= 0.3 is 5.97 Å². The second-order valence-electron chi connectivity index (χ2n) is 15.8. The van der Waals surface area contributed by atoms with Gasteiger partial charge in [-0.2, -0.15) is 5.06 Å². The second-order valence-corrected chi connectivity index (χ2v) is 15.8. The van der Waals surface area contributed by atoms with Crippen molar-refractivity contribution < 1.29 is 39.2 Å². The number of nitrogens with one attached hydrogen (secondary N) is 1. The van der Waals surface area contributed by atoms with Crippen LogP contribution in [0.25, 0.3) is 11.1 Å². The Labute approximate surface area is 301 Å². The maximum absolute atomic E-state index is 14.3. The van der Waals surface area contributed by atoms with Gasteiger partial charge in [0.05, 0.1) is 38.0 Å². The van der Waals surface area contributed by atoms with Gasteiger partial charge in [0.15, 0.2) is 0 Å². The Hall–Kier alpha value is -3.26. The molecule has 3 aliphatic carbocycles. The predicted molar refractivity (Wildman–Crippen MR) is 193 cm³/mol. The fraction of sp³-hybridized carbons (Fsp3) is 0.641. The van der Waals surface area contributed by atoms with E-state index in [2.05, 4.69) is 31.0 Å². The van der Waals surface area contributed by atoms with Crippen molar-refractivity contribution >= 4 is 17.6 Å². The number of carboxylic acids is 1. The molecule has 5 aliphatic rings. The molecule has 2 aromatic rings. The summed E-state index contributed by atoms with van der Waals surface area (Å²) in [6, 6.07) is 10.1. The molecule has 0 radical (unpaired) electrons. The highest BCUT2D eigenvalue weighted by molar-refractivity contribution is 5.92. The molecule has 12 nitrogen and oxygen atoms in total. The molecule has 5 fully saturated rings. The number of aliphatic hydroxyl groups excluding tert-OH is 2. The summed E-state index contributed by atoms with van der Waals surface area (Å²) in [6.07, 6.45) is 0.414. The van der Waals surface area contributed by atoms with Crippen molar-refractivity contribution in [2.45, 2.75) is 71.4 Å². The molecule has 2 aromatic carbocycles. The van der Waals surface area contributed by atoms with Gasteiger partial charge in [-0.15, -0.1) is 0 Å². The summed E-state index contributed by atoms with van der Waals surface area (Å²) in [6.45, 7) is 12.3. The summed E-state index contributed by atoms with van der Waals surface area (Å²) in [5.74, 6) is 0.0722. The van der Waals surface area contributed by atoms with Gasteiger partial charge in [0.1, 0.15) is 24.5 Å². The topological polar surface area (TPSA) is 144 Å². The number of carbonyl (C=O) groups is 2. The lowest BCUT2D eigenvalue weighted by atomic mass is 9.45. The van der Waals surface area contributed by atoms with Gasteiger partial charge in [0.2, 0.25) is 5.91 Å². The molecule has 2 saturated heterocycles. The normalized spacial score (nSPS) is 29.6. The Bertz CT molecular complexity index is 1560. The van der Waals surface area contributed by atoms with E-state index in [-0.39, 0.29) is 36.1 Å². The van der Waals surface area contributed by atoms with Crippen LogP contribution in [0.2, 0.25) is 0 Å². The van der Waals surface area contributed by atoms with E-state index < -0.39 is 30.1 Å². The van der Waals surface area contributed by atoms with Gasteiger partial charge in [0, 0.05) is 62.5 Å². The summed E-state index contributed by atoms with van der Waals surface area (Å²) < 4.78 is 12.1. The lowest BCUT2D eigenvalue weighted by Gasteiger charge is -2.62. The van der Waals surface area contributed by atoms with Gasteiger partial charge in [-0.1, -0.05) is 39.0 Å². The number of para-hydroxylation sites is 1. The smallest absolute Gasteiger partial charge is 0.335 e. The Balaban J connectivity index is 1.33. The largest absolute Gasteiger partial charge is 0.491 e. The van der Waals surface area contributed by atoms with Crippen molar-refractivity contribution in [3.8, 4) is 16.9 Å². The number of hydrogen-bond acceptors (Lipinski definition) is 10. The number of aromatic carboxylic acids is 1. The molecule has 2 aliphatic heterocycles. The highest BCUT2D eigenvalue weighted by atomic mass is 16.7. The maximum Gasteiger partial charge on any atom is 0.335 e. The molecule has 2 heterocycles. The number of fused-ring (bicyclic) bond motifs is 2. The number of carboxylic acid groups (broad SMARTS) is 1. The molecule has 280 valence electrons. The number of carbonyl (C=O) groups excluding carboxylic acids is 1. The molecule has 3 unspecified atom stereocenters. The van der Waals surface area contributed by atoms with Gasteiger partial charge in [-0.3, -0.25) is 14.5 Å². The molecule has 4 N–H and O–H groups in total. The zero-order valence-corrected chi connectivity index (χ0v) is 30.9. The maximum atomic E-state index is 14.3. The summed E-state index contributed by atoms with van der Waals surface area (Å²) in [5.41, 5.74) is 3.29. The van der Waals surface area contributed by atoms with Crippen molar-refractivity contribution in [2.24, 2.45) is 29.1 Å². The molecular formula is C39H56N4O8. The van der Waals surface area contributed by atoms with Crippen molar-refractivity contribution in [3.05, 3.63) is 47.5 Å². The fourth-order valence-corrected chi connectivity index (χ4v) is 9.01. The molecule has 0 spiro atoms. The van der Waals surface area contributed by atoms with E-state index >= 15 is 0 Å². The minimum absolute atomic E-state index is 0.0220. The lowest BCUT2D eigenvalue weighted by Crippen LogP contribution is -2.62. The van der Waals surface area contributed by atoms with E-state index in [9.17, 15) is 24.9 Å². The van der Waals surface area contributed by atoms with Crippen molar-refractivity contribution in [2.75, 3.05) is 65.1 Å². The predicted octanol–water partition coefficient (Wildman–Crippen LogP) is 3.49. The minimum Gasteiger partial charge on any atom is -0.491 e. The first kappa shape index (κ1) is 37.5. The van der Waals surface area contributed by atoms with Gasteiger partial charge < -0.3 is 35.0 Å². The molecule has 2 bridgehead atoms. The zero-order valence-electron chi connectivity index (χ0n) is 30.9. The van der Waals surface area contributed by atoms with Crippen LogP contribution in [-0.4, -0.2) is 122 Å². The second kappa shape index (κ2) is 15.4. The number of aliphatic hydroxyl groups is 2. The van der Waals surface area contributed by atoms with E-state index in [0.29, 0.717) is 61.0 Å². The van der Waals surface area contributed by atoms with Crippen LogP contribution in [0.3, 0.4) is 0 Å². The molecule has 7 rings (SSSR count). The van der Waals surface area contributed by atoms with Crippen molar-refractivity contribution in [1.82, 2.24) is 15.3 Å². The number of benzene rings is 2. The van der Waals surface area contributed by atoms with Crippen LogP contribution >= 0.6 is 0 Å². The Kier molecular flexibility index (Phi) is 11.3. The first-order chi connectivity index (χ1) is 24.3. The number of anilines is 1. The third kappa shape index (κ3) is 7.63.